The van der Waals surface area contributed by atoms with Gasteiger partial charge in [0.1, 0.15) is 5.69 Å². The molecule has 4 N–H and O–H groups in total. The van der Waals surface area contributed by atoms with Crippen molar-refractivity contribution in [1.29, 1.82) is 0 Å². The standard InChI is InChI=1S/C26H23N10O8.Ar.4Na/c1-26(2,3)17-16(34-28)18(27)36(35-17)25-32-23(29-14-6-10(19(37)38)4-11(7-14)20(39)40)31-24(33-25)30-15-8-12(21(41)42)5-13(9-15)22(43)44;;;;;/h4-9H,27H2,1-3H3,(H,37,38)(H,39,40)(H,41,42)(H,43,44)(H2,29,30,31,32,33);;;;;/q-1;;4*+1/p-4. The van der Waals surface area contributed by atoms with Gasteiger partial charge in [-0.15, -0.1) is 0 Å². The first kappa shape index (κ1) is 49.9. The first-order chi connectivity index (χ1) is 20.6. The van der Waals surface area contributed by atoms with E-state index in [2.05, 4.69) is 35.8 Å². The molecule has 0 bridgehead atoms. The second-order valence-corrected chi connectivity index (χ2v) is 10.1. The number of aromatic nitrogens is 5. The molecule has 2 aromatic carbocycles. The summed E-state index contributed by atoms with van der Waals surface area (Å²) >= 11 is 0. The van der Waals surface area contributed by atoms with Crippen LogP contribution >= 0.6 is 0 Å². The zero-order chi connectivity index (χ0) is 32.5. The van der Waals surface area contributed by atoms with Gasteiger partial charge in [0.2, 0.25) is 11.9 Å². The van der Waals surface area contributed by atoms with Gasteiger partial charge < -0.3 is 66.6 Å². The maximum absolute atomic E-state index is 11.5. The van der Waals surface area contributed by atoms with Gasteiger partial charge in [-0.3, -0.25) is 0 Å². The summed E-state index contributed by atoms with van der Waals surface area (Å²) in [6.45, 7) is 5.29. The minimum Gasteiger partial charge on any atom is -0.706 e. The van der Waals surface area contributed by atoms with Gasteiger partial charge in [-0.1, -0.05) is 20.8 Å². The van der Waals surface area contributed by atoms with Gasteiger partial charge in [0.25, 0.3) is 5.95 Å². The van der Waals surface area contributed by atoms with Gasteiger partial charge in [0.05, 0.1) is 29.6 Å². The van der Waals surface area contributed by atoms with Gasteiger partial charge in [0.15, 0.2) is 5.82 Å². The van der Waals surface area contributed by atoms with Crippen LogP contribution in [-0.2, 0) is 5.41 Å². The van der Waals surface area contributed by atoms with Crippen LogP contribution in [0.4, 0.5) is 34.8 Å². The molecule has 0 aliphatic heterocycles. The first-order valence-corrected chi connectivity index (χ1v) is 12.3. The Bertz CT molecular complexity index is 1730. The summed E-state index contributed by atoms with van der Waals surface area (Å²) in [6.07, 6.45) is 0. The zero-order valence-corrected chi connectivity index (χ0v) is 36.0. The Morgan fingerprint density at radius 1 is 0.714 bits per heavy atom. The molecule has 49 heavy (non-hydrogen) atoms. The van der Waals surface area contributed by atoms with Crippen LogP contribution in [0.3, 0.4) is 0 Å². The number of nitrogen functional groups attached to an aromatic ring is 1. The summed E-state index contributed by atoms with van der Waals surface area (Å²) in [5.41, 5.74) is 12.9. The molecule has 23 heteroatoms. The van der Waals surface area contributed by atoms with E-state index < -0.39 is 51.5 Å². The molecule has 0 fully saturated rings. The van der Waals surface area contributed by atoms with Gasteiger partial charge >= 0.3 is 118 Å². The number of anilines is 5. The molecule has 2 aromatic heterocycles. The van der Waals surface area contributed by atoms with Gasteiger partial charge in [-0.2, -0.15) is 24.7 Å². The Kier molecular flexibility index (Phi) is 21.1. The SMILES string of the molecule is CC(C)(C)c1nn(-c2nc(Nc3cc(C(=O)[O-])cc(C(=O)[O-])c3)nc(Nc3cc(C(=O)[O-])cc(C(=O)[O-])c3)n2)c(N)c1N=[N-].[Ar].[Na+].[Na+].[Na+].[Na+]. The van der Waals surface area contributed by atoms with Gasteiger partial charge in [-0.25, -0.2) is 0 Å². The summed E-state index contributed by atoms with van der Waals surface area (Å²) in [5, 5.41) is 58.7. The molecule has 18 nitrogen and oxygen atoms in total. The minimum absolute atomic E-state index is 0. The fourth-order valence-corrected chi connectivity index (χ4v) is 3.88. The smallest absolute Gasteiger partial charge is 0.706 e. The van der Waals surface area contributed by atoms with E-state index in [4.69, 9.17) is 5.73 Å². The third-order valence-electron chi connectivity index (χ3n) is 5.84. The number of nitrogens with one attached hydrogen (secondary N) is 2. The largest absolute Gasteiger partial charge is 1.00 e. The van der Waals surface area contributed by atoms with Crippen LogP contribution in [0.1, 0.15) is 67.9 Å². The van der Waals surface area contributed by atoms with Crippen LogP contribution in [0.25, 0.3) is 11.5 Å². The number of carbonyl (C=O) groups excluding carboxylic acids is 4. The second-order valence-electron chi connectivity index (χ2n) is 10.1. The molecule has 2 heterocycles. The molecule has 0 atom stereocenters. The number of benzene rings is 2. The van der Waals surface area contributed by atoms with Crippen molar-refractivity contribution in [2.45, 2.75) is 26.2 Å². The number of carboxylic acid groups (broad SMARTS) is 4. The van der Waals surface area contributed by atoms with Crippen LogP contribution < -0.4 is 155 Å². The van der Waals surface area contributed by atoms with E-state index in [0.717, 1.165) is 41.1 Å². The van der Waals surface area contributed by atoms with Gasteiger partial charge in [-0.05, 0) is 58.7 Å². The Morgan fingerprint density at radius 3 is 1.33 bits per heavy atom. The molecule has 0 saturated heterocycles. The fourth-order valence-electron chi connectivity index (χ4n) is 3.88. The van der Waals surface area contributed by atoms with E-state index in [1.807, 2.05) is 0 Å². The summed E-state index contributed by atoms with van der Waals surface area (Å²) in [5.74, 6) is -8.01. The van der Waals surface area contributed by atoms with Crippen molar-refractivity contribution < 1.29 is 196 Å². The molecule has 4 rings (SSSR count). The van der Waals surface area contributed by atoms with E-state index in [1.54, 1.807) is 20.8 Å². The van der Waals surface area contributed by atoms with Crippen molar-refractivity contribution in [3.05, 3.63) is 69.9 Å². The Morgan fingerprint density at radius 2 is 1.06 bits per heavy atom. The third kappa shape index (κ3) is 12.5. The fraction of sp³-hybridized carbons (Fsp3) is 0.154. The van der Waals surface area contributed by atoms with Crippen molar-refractivity contribution >= 4 is 58.7 Å². The number of carbonyl (C=O) groups is 4. The molecule has 0 aliphatic carbocycles. The molecule has 4 aromatic rings. The van der Waals surface area contributed by atoms with Crippen LogP contribution in [0.15, 0.2) is 41.5 Å². The monoisotopic (exact) mass is 731 g/mol. The number of hydrogen-bond acceptors (Lipinski definition) is 16. The normalized spacial score (nSPS) is 9.94. The molecular weight excluding hydrogens is 712 g/mol. The van der Waals surface area contributed by atoms with Crippen molar-refractivity contribution in [1.82, 2.24) is 24.7 Å². The maximum atomic E-state index is 11.5. The van der Waals surface area contributed by atoms with Crippen molar-refractivity contribution in [3.63, 3.8) is 0 Å². The van der Waals surface area contributed by atoms with Crippen LogP contribution in [-0.4, -0.2) is 48.6 Å². The van der Waals surface area contributed by atoms with Crippen molar-refractivity contribution in [3.8, 4) is 5.95 Å². The quantitative estimate of drug-likeness (QED) is 0.101. The van der Waals surface area contributed by atoms with Crippen LogP contribution in [0.2, 0.25) is 0 Å². The molecular formula is C26H19ArN10Na4O8-. The molecule has 0 spiro atoms. The summed E-state index contributed by atoms with van der Waals surface area (Å²) < 4.78 is 0.988. The average Bonchev–Trinajstić information content (AvgIpc) is 3.29. The van der Waals surface area contributed by atoms with Gasteiger partial charge in [0, 0.05) is 54.5 Å². The molecule has 0 saturated carbocycles. The maximum Gasteiger partial charge on any atom is 1.00 e. The van der Waals surface area contributed by atoms with Crippen molar-refractivity contribution in [2.24, 2.45) is 5.11 Å². The number of nitrogens with two attached hydrogens (primary N) is 1. The Labute approximate surface area is 396 Å². The summed E-state index contributed by atoms with van der Waals surface area (Å²) in [7, 11) is 0. The number of rotatable bonds is 10. The van der Waals surface area contributed by atoms with E-state index in [1.165, 1.54) is 0 Å². The number of carboxylic acids is 4. The first-order valence-electron chi connectivity index (χ1n) is 12.3. The topological polar surface area (TPSA) is 302 Å². The van der Waals surface area contributed by atoms with E-state index in [-0.39, 0.29) is 202 Å². The zero-order valence-electron chi connectivity index (χ0n) is 27.3. The Hall–Kier alpha value is -1.20. The van der Waals surface area contributed by atoms with Crippen LogP contribution in [0.5, 0.6) is 0 Å². The predicted molar refractivity (Wildman–Crippen MR) is 142 cm³/mol. The van der Waals surface area contributed by atoms with Crippen molar-refractivity contribution in [2.75, 3.05) is 16.4 Å². The molecule has 234 valence electrons. The predicted octanol–water partition coefficient (Wildman–Crippen LogP) is -13.5. The second kappa shape index (κ2) is 20.7. The Balaban J connectivity index is 0. The van der Waals surface area contributed by atoms with E-state index in [0.29, 0.717) is 0 Å². The van der Waals surface area contributed by atoms with E-state index in [9.17, 15) is 45.1 Å². The average molecular weight is 731 g/mol. The minimum atomic E-state index is -1.69. The molecule has 0 unspecified atom stereocenters. The third-order valence-corrected chi connectivity index (χ3v) is 5.84. The number of aromatic carboxylic acids is 4. The molecule has 0 radical (unpaired) electrons. The molecule has 0 amide bonds. The van der Waals surface area contributed by atoms with Crippen LogP contribution in [0, 0.1) is 37.7 Å². The summed E-state index contributed by atoms with van der Waals surface area (Å²) in [4.78, 5) is 58.4. The number of nitrogens with zero attached hydrogens (tertiary/aromatic N) is 7. The number of hydrogen-bond donors (Lipinski definition) is 3. The molecule has 0 aliphatic rings. The van der Waals surface area contributed by atoms with E-state index >= 15 is 0 Å². The summed E-state index contributed by atoms with van der Waals surface area (Å²) in [6, 6.07) is 5.73.